The third-order valence-corrected chi connectivity index (χ3v) is 5.09. The predicted molar refractivity (Wildman–Crippen MR) is 94.6 cm³/mol. The van der Waals surface area contributed by atoms with Crippen LogP contribution in [0.5, 0.6) is 0 Å². The van der Waals surface area contributed by atoms with Crippen molar-refractivity contribution in [3.8, 4) is 0 Å². The summed E-state index contributed by atoms with van der Waals surface area (Å²) in [5, 5.41) is -1.10. The maximum Gasteiger partial charge on any atom is 0.340 e. The lowest BCUT2D eigenvalue weighted by molar-refractivity contribution is -0.128. The highest BCUT2D eigenvalue weighted by molar-refractivity contribution is 9.09. The number of hydrogen-bond acceptors (Lipinski definition) is 5. The molecule has 1 aliphatic heterocycles. The fourth-order valence-electron chi connectivity index (χ4n) is 2.48. The van der Waals surface area contributed by atoms with Crippen LogP contribution in [0.3, 0.4) is 0 Å². The van der Waals surface area contributed by atoms with Gasteiger partial charge in [0.1, 0.15) is 0 Å². The Labute approximate surface area is 158 Å². The highest BCUT2D eigenvalue weighted by Crippen LogP contribution is 2.40. The van der Waals surface area contributed by atoms with E-state index in [1.54, 1.807) is 60.7 Å². The average Bonchev–Trinajstić information content (AvgIpc) is 2.86. The molecule has 0 amide bonds. The van der Waals surface area contributed by atoms with Gasteiger partial charge in [0.25, 0.3) is 0 Å². The second kappa shape index (κ2) is 7.55. The number of hydrogen-bond donors (Lipinski definition) is 0. The van der Waals surface area contributed by atoms with Crippen LogP contribution in [0.2, 0.25) is 0 Å². The van der Waals surface area contributed by atoms with Crippen LogP contribution in [0, 0.1) is 0 Å². The largest absolute Gasteiger partial charge is 0.448 e. The molecule has 26 heavy (non-hydrogen) atoms. The molecular weight excluding hydrogens is 407 g/mol. The molecular formula is C19H16BrFO5. The Morgan fingerprint density at radius 2 is 1.42 bits per heavy atom. The van der Waals surface area contributed by atoms with E-state index in [0.717, 1.165) is 0 Å². The van der Waals surface area contributed by atoms with Crippen molar-refractivity contribution >= 4 is 27.9 Å². The predicted octanol–water partition coefficient (Wildman–Crippen LogP) is 3.87. The van der Waals surface area contributed by atoms with E-state index in [-0.39, 0.29) is 11.1 Å². The zero-order chi connectivity index (χ0) is 18.7. The molecule has 2 aromatic rings. The third kappa shape index (κ3) is 3.78. The monoisotopic (exact) mass is 422 g/mol. The molecule has 0 bridgehead atoms. The van der Waals surface area contributed by atoms with Crippen LogP contribution < -0.4 is 0 Å². The van der Waals surface area contributed by atoms with Gasteiger partial charge in [0.15, 0.2) is 10.7 Å². The molecule has 1 fully saturated rings. The first-order valence-electron chi connectivity index (χ1n) is 7.90. The zero-order valence-electron chi connectivity index (χ0n) is 13.8. The standard InChI is InChI=1S/C19H16BrFO5/c1-19(21)14(24-15(22)12-8-4-2-5-9-12)17(26-18(19)20)25-16(23)13-10-6-3-7-11-13/h2-11,14,17-18H,1H3/t14-,17+,18+,19-/m1/s1. The molecule has 1 aliphatic rings. The fraction of sp³-hybridized carbons (Fsp3) is 0.263. The Morgan fingerprint density at radius 1 is 0.962 bits per heavy atom. The van der Waals surface area contributed by atoms with Gasteiger partial charge in [-0.25, -0.2) is 14.0 Å². The summed E-state index contributed by atoms with van der Waals surface area (Å²) in [6.07, 6.45) is -2.80. The first-order chi connectivity index (χ1) is 12.4. The molecule has 4 atom stereocenters. The Morgan fingerprint density at radius 3 is 1.92 bits per heavy atom. The number of alkyl halides is 2. The van der Waals surface area contributed by atoms with Gasteiger partial charge >= 0.3 is 11.9 Å². The lowest BCUT2D eigenvalue weighted by atomic mass is 10.0. The molecule has 136 valence electrons. The SMILES string of the molecule is C[C@@]1(F)[C@H](OC(=O)c2ccccc2)[C@@H](OC(=O)c2ccccc2)O[C@@H]1Br. The van der Waals surface area contributed by atoms with Crippen LogP contribution in [0.1, 0.15) is 27.6 Å². The molecule has 5 nitrogen and oxygen atoms in total. The molecule has 3 rings (SSSR count). The molecule has 2 aromatic carbocycles. The maximum absolute atomic E-state index is 15.0. The van der Waals surface area contributed by atoms with Crippen LogP contribution in [-0.2, 0) is 14.2 Å². The molecule has 0 radical (unpaired) electrons. The maximum atomic E-state index is 15.0. The molecule has 0 aromatic heterocycles. The first-order valence-corrected chi connectivity index (χ1v) is 8.81. The van der Waals surface area contributed by atoms with Crippen molar-refractivity contribution in [3.63, 3.8) is 0 Å². The molecule has 0 saturated carbocycles. The van der Waals surface area contributed by atoms with E-state index in [0.29, 0.717) is 0 Å². The Balaban J connectivity index is 1.77. The molecule has 1 saturated heterocycles. The van der Waals surface area contributed by atoms with Gasteiger partial charge in [0.05, 0.1) is 11.1 Å². The molecule has 0 aliphatic carbocycles. The van der Waals surface area contributed by atoms with Gasteiger partial charge in [-0.2, -0.15) is 0 Å². The number of ether oxygens (including phenoxy) is 3. The fourth-order valence-corrected chi connectivity index (χ4v) is 2.96. The number of rotatable bonds is 4. The second-order valence-corrected chi connectivity index (χ2v) is 6.77. The lowest BCUT2D eigenvalue weighted by Crippen LogP contribution is -2.44. The Kier molecular flexibility index (Phi) is 5.38. The summed E-state index contributed by atoms with van der Waals surface area (Å²) in [6, 6.07) is 16.4. The number of benzene rings is 2. The van der Waals surface area contributed by atoms with Gasteiger partial charge in [-0.1, -0.05) is 52.3 Å². The van der Waals surface area contributed by atoms with E-state index in [9.17, 15) is 9.59 Å². The van der Waals surface area contributed by atoms with Crippen molar-refractivity contribution in [2.75, 3.05) is 0 Å². The third-order valence-electron chi connectivity index (χ3n) is 3.98. The van der Waals surface area contributed by atoms with Crippen LogP contribution in [-0.4, -0.2) is 35.0 Å². The molecule has 0 unspecified atom stereocenters. The topological polar surface area (TPSA) is 61.8 Å². The van der Waals surface area contributed by atoms with Crippen molar-refractivity contribution < 1.29 is 28.2 Å². The van der Waals surface area contributed by atoms with Gasteiger partial charge in [-0.05, 0) is 31.2 Å². The molecule has 0 N–H and O–H groups in total. The molecule has 0 spiro atoms. The normalized spacial score (nSPS) is 27.7. The summed E-state index contributed by atoms with van der Waals surface area (Å²) >= 11 is 3.05. The van der Waals surface area contributed by atoms with Crippen LogP contribution in [0.4, 0.5) is 4.39 Å². The van der Waals surface area contributed by atoms with E-state index < -0.39 is 35.0 Å². The first kappa shape index (κ1) is 18.5. The van der Waals surface area contributed by atoms with Crippen molar-refractivity contribution in [1.29, 1.82) is 0 Å². The minimum absolute atomic E-state index is 0.259. The number of carbonyl (C=O) groups excluding carboxylic acids is 2. The van der Waals surface area contributed by atoms with E-state index >= 15 is 4.39 Å². The van der Waals surface area contributed by atoms with Gasteiger partial charge in [-0.3, -0.25) is 0 Å². The van der Waals surface area contributed by atoms with Crippen molar-refractivity contribution in [1.82, 2.24) is 0 Å². The van der Waals surface area contributed by atoms with Crippen LogP contribution in [0.15, 0.2) is 60.7 Å². The van der Waals surface area contributed by atoms with E-state index in [4.69, 9.17) is 14.2 Å². The second-order valence-electron chi connectivity index (χ2n) is 5.94. The van der Waals surface area contributed by atoms with Gasteiger partial charge < -0.3 is 14.2 Å². The molecule has 7 heteroatoms. The van der Waals surface area contributed by atoms with Crippen LogP contribution >= 0.6 is 15.9 Å². The highest BCUT2D eigenvalue weighted by Gasteiger charge is 2.58. The van der Waals surface area contributed by atoms with E-state index in [1.165, 1.54) is 6.92 Å². The van der Waals surface area contributed by atoms with Crippen molar-refractivity contribution in [3.05, 3.63) is 71.8 Å². The average molecular weight is 423 g/mol. The summed E-state index contributed by atoms with van der Waals surface area (Å²) in [6.45, 7) is 1.21. The number of esters is 2. The quantitative estimate of drug-likeness (QED) is 0.552. The summed E-state index contributed by atoms with van der Waals surface area (Å²) in [5.74, 6) is -1.43. The minimum atomic E-state index is -2.09. The lowest BCUT2D eigenvalue weighted by Gasteiger charge is -2.25. The Bertz CT molecular complexity index is 781. The van der Waals surface area contributed by atoms with E-state index in [2.05, 4.69) is 15.9 Å². The van der Waals surface area contributed by atoms with Crippen LogP contribution in [0.25, 0.3) is 0 Å². The molecule has 1 heterocycles. The van der Waals surface area contributed by atoms with Gasteiger partial charge in [0, 0.05) is 0 Å². The zero-order valence-corrected chi connectivity index (χ0v) is 15.4. The van der Waals surface area contributed by atoms with Crippen molar-refractivity contribution in [2.24, 2.45) is 0 Å². The van der Waals surface area contributed by atoms with Crippen molar-refractivity contribution in [2.45, 2.75) is 30.0 Å². The van der Waals surface area contributed by atoms with Gasteiger partial charge in [0.2, 0.25) is 12.4 Å². The highest BCUT2D eigenvalue weighted by atomic mass is 79.9. The van der Waals surface area contributed by atoms with E-state index in [1.807, 2.05) is 0 Å². The number of halogens is 2. The summed E-state index contributed by atoms with van der Waals surface area (Å²) in [5.41, 5.74) is -1.55. The smallest absolute Gasteiger partial charge is 0.340 e. The van der Waals surface area contributed by atoms with Gasteiger partial charge in [-0.15, -0.1) is 0 Å². The summed E-state index contributed by atoms with van der Waals surface area (Å²) in [4.78, 5) is 24.5. The minimum Gasteiger partial charge on any atom is -0.448 e. The Hall–Kier alpha value is -2.25. The summed E-state index contributed by atoms with van der Waals surface area (Å²) in [7, 11) is 0. The summed E-state index contributed by atoms with van der Waals surface area (Å²) < 4.78 is 30.9. The number of carbonyl (C=O) groups is 2.